The third kappa shape index (κ3) is 3.78. The Morgan fingerprint density at radius 2 is 2.00 bits per heavy atom. The quantitative estimate of drug-likeness (QED) is 0.779. The Bertz CT molecular complexity index is 844. The summed E-state index contributed by atoms with van der Waals surface area (Å²) in [5.74, 6) is 0.996. The number of nitrogens with one attached hydrogen (secondary N) is 1. The average molecular weight is 334 g/mol. The maximum Gasteiger partial charge on any atom is 0.135 e. The molecule has 0 radical (unpaired) electrons. The van der Waals surface area contributed by atoms with Crippen molar-refractivity contribution in [3.63, 3.8) is 0 Å². The van der Waals surface area contributed by atoms with E-state index in [0.29, 0.717) is 6.61 Å². The number of rotatable bonds is 5. The molecule has 3 aromatic rings. The van der Waals surface area contributed by atoms with E-state index in [-0.39, 0.29) is 6.10 Å². The van der Waals surface area contributed by atoms with Gasteiger partial charge in [-0.05, 0) is 19.1 Å². The Balaban J connectivity index is 1.36. The van der Waals surface area contributed by atoms with Crippen molar-refractivity contribution in [2.75, 3.05) is 6.54 Å². The van der Waals surface area contributed by atoms with Gasteiger partial charge in [-0.2, -0.15) is 0 Å². The van der Waals surface area contributed by atoms with E-state index in [0.717, 1.165) is 48.1 Å². The molecule has 3 heterocycles. The minimum absolute atomic E-state index is 0.148. The van der Waals surface area contributed by atoms with Gasteiger partial charge in [0.2, 0.25) is 0 Å². The molecule has 0 saturated heterocycles. The van der Waals surface area contributed by atoms with Crippen LogP contribution in [0.25, 0.3) is 11.3 Å². The molecule has 4 rings (SSSR count). The molecule has 1 atom stereocenters. The maximum absolute atomic E-state index is 5.95. The Morgan fingerprint density at radius 3 is 2.84 bits per heavy atom. The third-order valence-corrected chi connectivity index (χ3v) is 4.40. The molecule has 0 bridgehead atoms. The molecule has 0 spiro atoms. The van der Waals surface area contributed by atoms with Crippen molar-refractivity contribution in [2.24, 2.45) is 0 Å². The second-order valence-electron chi connectivity index (χ2n) is 6.39. The Hall–Kier alpha value is -2.50. The summed E-state index contributed by atoms with van der Waals surface area (Å²) in [4.78, 5) is 9.21. The number of aryl methyl sites for hydroxylation is 1. The Kier molecular flexibility index (Phi) is 4.59. The highest BCUT2D eigenvalue weighted by Crippen LogP contribution is 2.21. The molecule has 1 N–H and O–H groups in total. The van der Waals surface area contributed by atoms with Crippen molar-refractivity contribution < 1.29 is 4.74 Å². The van der Waals surface area contributed by atoms with Gasteiger partial charge in [-0.3, -0.25) is 4.98 Å². The lowest BCUT2D eigenvalue weighted by molar-refractivity contribution is 0.00274. The largest absolute Gasteiger partial charge is 0.367 e. The minimum Gasteiger partial charge on any atom is -0.367 e. The van der Waals surface area contributed by atoms with Gasteiger partial charge in [0, 0.05) is 30.5 Å². The molecule has 0 aliphatic carbocycles. The normalized spacial score (nSPS) is 16.6. The van der Waals surface area contributed by atoms with Gasteiger partial charge in [-0.1, -0.05) is 36.4 Å². The van der Waals surface area contributed by atoms with E-state index >= 15 is 0 Å². The second-order valence-corrected chi connectivity index (χ2v) is 6.39. The minimum atomic E-state index is 0.148. The zero-order chi connectivity index (χ0) is 17.1. The summed E-state index contributed by atoms with van der Waals surface area (Å²) in [5.41, 5.74) is 4.26. The Morgan fingerprint density at radius 1 is 1.12 bits per heavy atom. The van der Waals surface area contributed by atoms with E-state index in [2.05, 4.69) is 33.2 Å². The number of imidazole rings is 1. The molecule has 25 heavy (non-hydrogen) atoms. The summed E-state index contributed by atoms with van der Waals surface area (Å²) in [5, 5.41) is 3.45. The molecule has 0 fully saturated rings. The number of ether oxygens (including phenoxy) is 1. The van der Waals surface area contributed by atoms with Gasteiger partial charge in [0.1, 0.15) is 12.4 Å². The van der Waals surface area contributed by atoms with Gasteiger partial charge in [0.05, 0.1) is 24.0 Å². The molecular formula is C20H22N4O. The summed E-state index contributed by atoms with van der Waals surface area (Å²) < 4.78 is 8.16. The molecule has 0 unspecified atom stereocenters. The zero-order valence-corrected chi connectivity index (χ0v) is 14.4. The number of aromatic nitrogens is 3. The molecule has 0 saturated carbocycles. The standard InChI is InChI=1S/C20H22N4O/c1-15-6-5-9-17(22-15)10-21-11-18-12-24-13-19(23-20(24)14-25-18)16-7-3-2-4-8-16/h2-9,13,18,21H,10-12,14H2,1H3/t18-/m0/s1. The first-order valence-corrected chi connectivity index (χ1v) is 8.64. The SMILES string of the molecule is Cc1cccc(CNC[C@H]2Cn3cc(-c4ccccc4)nc3CO2)n1. The summed E-state index contributed by atoms with van der Waals surface area (Å²) in [6.45, 7) is 4.95. The van der Waals surface area contributed by atoms with Crippen molar-refractivity contribution in [3.05, 3.63) is 71.9 Å². The van der Waals surface area contributed by atoms with Crippen molar-refractivity contribution in [1.82, 2.24) is 19.9 Å². The predicted octanol–water partition coefficient (Wildman–Crippen LogP) is 2.94. The topological polar surface area (TPSA) is 52.0 Å². The summed E-state index contributed by atoms with van der Waals surface area (Å²) in [7, 11) is 0. The number of pyridine rings is 1. The van der Waals surface area contributed by atoms with Crippen LogP contribution >= 0.6 is 0 Å². The number of benzene rings is 1. The highest BCUT2D eigenvalue weighted by Gasteiger charge is 2.21. The first-order chi connectivity index (χ1) is 12.3. The molecule has 5 heteroatoms. The fourth-order valence-corrected chi connectivity index (χ4v) is 3.12. The molecule has 1 aromatic carbocycles. The van der Waals surface area contributed by atoms with Crippen LogP contribution in [-0.4, -0.2) is 27.2 Å². The van der Waals surface area contributed by atoms with Crippen LogP contribution in [0, 0.1) is 6.92 Å². The molecule has 128 valence electrons. The average Bonchev–Trinajstić information content (AvgIpc) is 3.06. The van der Waals surface area contributed by atoms with Crippen LogP contribution in [0.3, 0.4) is 0 Å². The van der Waals surface area contributed by atoms with E-state index in [9.17, 15) is 0 Å². The highest BCUT2D eigenvalue weighted by molar-refractivity contribution is 5.58. The number of hydrogen-bond donors (Lipinski definition) is 1. The maximum atomic E-state index is 5.95. The van der Waals surface area contributed by atoms with Crippen LogP contribution in [0.1, 0.15) is 17.2 Å². The molecular weight excluding hydrogens is 312 g/mol. The van der Waals surface area contributed by atoms with Crippen LogP contribution < -0.4 is 5.32 Å². The lowest BCUT2D eigenvalue weighted by Crippen LogP contribution is -2.36. The van der Waals surface area contributed by atoms with E-state index < -0.39 is 0 Å². The van der Waals surface area contributed by atoms with E-state index in [1.54, 1.807) is 0 Å². The van der Waals surface area contributed by atoms with Crippen molar-refractivity contribution >= 4 is 0 Å². The molecule has 1 aliphatic heterocycles. The van der Waals surface area contributed by atoms with Gasteiger partial charge in [0.15, 0.2) is 0 Å². The van der Waals surface area contributed by atoms with E-state index in [1.807, 2.05) is 43.3 Å². The van der Waals surface area contributed by atoms with E-state index in [1.165, 1.54) is 0 Å². The van der Waals surface area contributed by atoms with Crippen LogP contribution in [0.15, 0.2) is 54.7 Å². The summed E-state index contributed by atoms with van der Waals surface area (Å²) >= 11 is 0. The van der Waals surface area contributed by atoms with Gasteiger partial charge in [0.25, 0.3) is 0 Å². The smallest absolute Gasteiger partial charge is 0.135 e. The third-order valence-electron chi connectivity index (χ3n) is 4.40. The Labute approximate surface area is 147 Å². The first-order valence-electron chi connectivity index (χ1n) is 8.64. The number of hydrogen-bond acceptors (Lipinski definition) is 4. The number of nitrogens with zero attached hydrogens (tertiary/aromatic N) is 3. The predicted molar refractivity (Wildman–Crippen MR) is 96.9 cm³/mol. The van der Waals surface area contributed by atoms with Crippen LogP contribution in [0.4, 0.5) is 0 Å². The lowest BCUT2D eigenvalue weighted by Gasteiger charge is -2.24. The first kappa shape index (κ1) is 16.0. The van der Waals surface area contributed by atoms with Gasteiger partial charge >= 0.3 is 0 Å². The zero-order valence-electron chi connectivity index (χ0n) is 14.4. The molecule has 5 nitrogen and oxygen atoms in total. The highest BCUT2D eigenvalue weighted by atomic mass is 16.5. The molecule has 1 aliphatic rings. The molecule has 2 aromatic heterocycles. The summed E-state index contributed by atoms with van der Waals surface area (Å²) in [6.07, 6.45) is 2.28. The van der Waals surface area contributed by atoms with Crippen molar-refractivity contribution in [1.29, 1.82) is 0 Å². The summed E-state index contributed by atoms with van der Waals surface area (Å²) in [6, 6.07) is 16.4. The second kappa shape index (κ2) is 7.17. The lowest BCUT2D eigenvalue weighted by atomic mass is 10.2. The van der Waals surface area contributed by atoms with Gasteiger partial charge < -0.3 is 14.6 Å². The van der Waals surface area contributed by atoms with Gasteiger partial charge in [-0.15, -0.1) is 0 Å². The van der Waals surface area contributed by atoms with E-state index in [4.69, 9.17) is 9.72 Å². The van der Waals surface area contributed by atoms with Crippen LogP contribution in [-0.2, 0) is 24.4 Å². The van der Waals surface area contributed by atoms with Crippen molar-refractivity contribution in [3.8, 4) is 11.3 Å². The van der Waals surface area contributed by atoms with Crippen molar-refractivity contribution in [2.45, 2.75) is 32.7 Å². The van der Waals surface area contributed by atoms with Crippen LogP contribution in [0.2, 0.25) is 0 Å². The monoisotopic (exact) mass is 334 g/mol. The van der Waals surface area contributed by atoms with Crippen LogP contribution in [0.5, 0.6) is 0 Å². The number of fused-ring (bicyclic) bond motifs is 1. The molecule has 0 amide bonds. The fourth-order valence-electron chi connectivity index (χ4n) is 3.12. The van der Waals surface area contributed by atoms with Gasteiger partial charge in [-0.25, -0.2) is 4.98 Å². The fraction of sp³-hybridized carbons (Fsp3) is 0.300.